The number of nitrogens with one attached hydrogen (secondary N) is 2. The second kappa shape index (κ2) is 8.14. The van der Waals surface area contributed by atoms with Crippen molar-refractivity contribution in [3.63, 3.8) is 0 Å². The Balaban J connectivity index is 1.29. The number of hydrogen-bond donors (Lipinski definition) is 2. The van der Waals surface area contributed by atoms with Crippen LogP contribution in [0.4, 0.5) is 19.0 Å². The van der Waals surface area contributed by atoms with Gasteiger partial charge < -0.3 is 14.5 Å². The minimum Gasteiger partial charge on any atom is -0.355 e. The molecule has 5 aromatic rings. The van der Waals surface area contributed by atoms with Gasteiger partial charge in [-0.25, -0.2) is 24.7 Å². The maximum absolute atomic E-state index is 12.9. The topological polar surface area (TPSA) is 121 Å². The number of rotatable bonds is 3. The van der Waals surface area contributed by atoms with Crippen LogP contribution in [0.5, 0.6) is 0 Å². The molecule has 1 aliphatic heterocycles. The first kappa shape index (κ1) is 22.2. The molecule has 0 atom stereocenters. The lowest BCUT2D eigenvalue weighted by molar-refractivity contribution is -0.141. The Hall–Kier alpha value is -4.29. The molecule has 184 valence electrons. The van der Waals surface area contributed by atoms with E-state index in [-0.39, 0.29) is 11.6 Å². The normalized spacial score (nSPS) is 15.3. The van der Waals surface area contributed by atoms with Crippen LogP contribution in [0.2, 0.25) is 0 Å². The van der Waals surface area contributed by atoms with Gasteiger partial charge in [0.15, 0.2) is 22.6 Å². The Kier molecular flexibility index (Phi) is 5.02. The average molecular weight is 495 g/mol. The van der Waals surface area contributed by atoms with Gasteiger partial charge in [-0.2, -0.15) is 13.2 Å². The van der Waals surface area contributed by atoms with Crippen LogP contribution in [0, 0.1) is 0 Å². The summed E-state index contributed by atoms with van der Waals surface area (Å²) < 4.78 is 40.5. The number of nitrogens with zero attached hydrogens (tertiary/aromatic N) is 7. The molecule has 36 heavy (non-hydrogen) atoms. The second-order valence-electron chi connectivity index (χ2n) is 8.76. The van der Waals surface area contributed by atoms with Crippen LogP contribution in [0.3, 0.4) is 0 Å². The fraction of sp³-hybridized carbons (Fsp3) is 0.304. The molecule has 13 heteroatoms. The van der Waals surface area contributed by atoms with Crippen LogP contribution in [-0.2, 0) is 13.2 Å². The smallest absolute Gasteiger partial charge is 0.355 e. The Labute approximate surface area is 201 Å². The van der Waals surface area contributed by atoms with E-state index >= 15 is 0 Å². The third-order valence-electron chi connectivity index (χ3n) is 6.64. The van der Waals surface area contributed by atoms with Gasteiger partial charge in [0.25, 0.3) is 0 Å². The number of pyridine rings is 2. The molecule has 6 rings (SSSR count). The average Bonchev–Trinajstić information content (AvgIpc) is 3.42. The maximum atomic E-state index is 12.9. The van der Waals surface area contributed by atoms with Crippen molar-refractivity contribution in [2.45, 2.75) is 24.9 Å². The fourth-order valence-corrected chi connectivity index (χ4v) is 4.87. The third-order valence-corrected chi connectivity index (χ3v) is 6.64. The van der Waals surface area contributed by atoms with Gasteiger partial charge in [0.2, 0.25) is 0 Å². The van der Waals surface area contributed by atoms with Gasteiger partial charge in [-0.3, -0.25) is 9.97 Å². The van der Waals surface area contributed by atoms with Crippen LogP contribution in [0.1, 0.15) is 30.0 Å². The van der Waals surface area contributed by atoms with Gasteiger partial charge in [-0.1, -0.05) is 0 Å². The number of imidazole rings is 2. The van der Waals surface area contributed by atoms with Crippen molar-refractivity contribution in [3.05, 3.63) is 58.7 Å². The molecule has 1 aliphatic rings. The first-order valence-corrected chi connectivity index (χ1v) is 11.3. The number of fused-ring (bicyclic) bond motifs is 2. The quantitative estimate of drug-likeness (QED) is 0.394. The van der Waals surface area contributed by atoms with Crippen molar-refractivity contribution in [2.24, 2.45) is 7.05 Å². The first-order valence-electron chi connectivity index (χ1n) is 11.3. The summed E-state index contributed by atoms with van der Waals surface area (Å²) in [6.45, 7) is 1.42. The summed E-state index contributed by atoms with van der Waals surface area (Å²) in [7, 11) is 1.76. The number of piperidine rings is 1. The number of hydrogen-bond acceptors (Lipinski definition) is 7. The molecule has 1 saturated heterocycles. The van der Waals surface area contributed by atoms with Crippen molar-refractivity contribution in [2.75, 3.05) is 18.0 Å². The summed E-state index contributed by atoms with van der Waals surface area (Å²) in [6.07, 6.45) is 1.50. The Morgan fingerprint density at radius 1 is 1.03 bits per heavy atom. The standard InChI is InChI=1S/C23H20F3N9O/c1-34-19(13-2-3-15(28-10-13)23(24,25)26)31-17-20(34)29-11-30-21(17)35-8-5-12(6-9-35)14-4-7-27-18-16(14)32-22(36)33-18/h2-4,7,10-12H,5-6,8-9H2,1H3,(H2,27,32,33,36). The summed E-state index contributed by atoms with van der Waals surface area (Å²) in [5.74, 6) is 1.38. The summed E-state index contributed by atoms with van der Waals surface area (Å²) in [5, 5.41) is 0. The Morgan fingerprint density at radius 3 is 2.56 bits per heavy atom. The molecule has 0 amide bonds. The molecular weight excluding hydrogens is 475 g/mol. The number of aromatic amines is 2. The van der Waals surface area contributed by atoms with Gasteiger partial charge in [-0.15, -0.1) is 0 Å². The van der Waals surface area contributed by atoms with E-state index in [1.807, 2.05) is 6.07 Å². The second-order valence-corrected chi connectivity index (χ2v) is 8.76. The van der Waals surface area contributed by atoms with Gasteiger partial charge in [0.05, 0.1) is 5.52 Å². The number of H-pyrrole nitrogens is 2. The van der Waals surface area contributed by atoms with E-state index in [0.717, 1.165) is 30.0 Å². The van der Waals surface area contributed by atoms with Crippen LogP contribution in [0.15, 0.2) is 41.7 Å². The molecule has 10 nitrogen and oxygen atoms in total. The first-order chi connectivity index (χ1) is 17.3. The van der Waals surface area contributed by atoms with Crippen molar-refractivity contribution >= 4 is 28.1 Å². The van der Waals surface area contributed by atoms with E-state index in [9.17, 15) is 18.0 Å². The van der Waals surface area contributed by atoms with Crippen molar-refractivity contribution in [1.82, 2.24) is 39.5 Å². The molecule has 2 N–H and O–H groups in total. The van der Waals surface area contributed by atoms with E-state index < -0.39 is 11.9 Å². The SMILES string of the molecule is Cn1c(-c2ccc(C(F)(F)F)nc2)nc2c(N3CCC(c4ccnc5[nH]c(=O)[nH]c45)CC3)ncnc21. The predicted molar refractivity (Wildman–Crippen MR) is 125 cm³/mol. The van der Waals surface area contributed by atoms with Gasteiger partial charge in [0, 0.05) is 38.1 Å². The molecule has 0 bridgehead atoms. The van der Waals surface area contributed by atoms with E-state index in [2.05, 4.69) is 34.8 Å². The number of alkyl halides is 3. The van der Waals surface area contributed by atoms with Crippen molar-refractivity contribution in [1.29, 1.82) is 0 Å². The van der Waals surface area contributed by atoms with Crippen LogP contribution in [0.25, 0.3) is 33.7 Å². The lowest BCUT2D eigenvalue weighted by Gasteiger charge is -2.33. The molecule has 0 aliphatic carbocycles. The van der Waals surface area contributed by atoms with Crippen LogP contribution in [-0.4, -0.2) is 52.5 Å². The maximum Gasteiger partial charge on any atom is 0.433 e. The molecule has 0 spiro atoms. The van der Waals surface area contributed by atoms with Crippen LogP contribution >= 0.6 is 0 Å². The number of halogens is 3. The highest BCUT2D eigenvalue weighted by Gasteiger charge is 2.32. The molecule has 0 unspecified atom stereocenters. The number of aryl methyl sites for hydroxylation is 1. The number of aromatic nitrogens is 8. The zero-order chi connectivity index (χ0) is 25.0. The zero-order valence-corrected chi connectivity index (χ0v) is 19.0. The lowest BCUT2D eigenvalue weighted by Crippen LogP contribution is -2.33. The zero-order valence-electron chi connectivity index (χ0n) is 19.0. The molecule has 5 aromatic heterocycles. The van der Waals surface area contributed by atoms with Gasteiger partial charge >= 0.3 is 11.9 Å². The van der Waals surface area contributed by atoms with E-state index in [1.54, 1.807) is 17.8 Å². The Morgan fingerprint density at radius 2 is 1.83 bits per heavy atom. The highest BCUT2D eigenvalue weighted by molar-refractivity contribution is 5.87. The van der Waals surface area contributed by atoms with Crippen LogP contribution < -0.4 is 10.6 Å². The van der Waals surface area contributed by atoms with Gasteiger partial charge in [0.1, 0.15) is 17.8 Å². The summed E-state index contributed by atoms with van der Waals surface area (Å²) in [5.41, 5.74) is 2.73. The predicted octanol–water partition coefficient (Wildman–Crippen LogP) is 3.39. The molecule has 0 radical (unpaired) electrons. The Bertz CT molecular complexity index is 1630. The molecule has 1 fully saturated rings. The number of anilines is 1. The van der Waals surface area contributed by atoms with Gasteiger partial charge in [-0.05, 0) is 42.5 Å². The minimum absolute atomic E-state index is 0.244. The van der Waals surface area contributed by atoms with E-state index in [0.29, 0.717) is 47.1 Å². The van der Waals surface area contributed by atoms with E-state index in [4.69, 9.17) is 4.98 Å². The summed E-state index contributed by atoms with van der Waals surface area (Å²) in [4.78, 5) is 40.7. The van der Waals surface area contributed by atoms with Crippen molar-refractivity contribution in [3.8, 4) is 11.4 Å². The third kappa shape index (κ3) is 3.67. The lowest BCUT2D eigenvalue weighted by atomic mass is 9.89. The highest BCUT2D eigenvalue weighted by atomic mass is 19.4. The monoisotopic (exact) mass is 495 g/mol. The largest absolute Gasteiger partial charge is 0.433 e. The van der Waals surface area contributed by atoms with Crippen molar-refractivity contribution < 1.29 is 13.2 Å². The molecular formula is C23H20F3N9O. The molecule has 0 aromatic carbocycles. The fourth-order valence-electron chi connectivity index (χ4n) is 4.87. The highest BCUT2D eigenvalue weighted by Crippen LogP contribution is 2.35. The van der Waals surface area contributed by atoms with E-state index in [1.165, 1.54) is 18.6 Å². The minimum atomic E-state index is -4.51. The molecule has 6 heterocycles. The summed E-state index contributed by atoms with van der Waals surface area (Å²) >= 11 is 0. The summed E-state index contributed by atoms with van der Waals surface area (Å²) in [6, 6.07) is 4.24. The molecule has 0 saturated carbocycles.